The summed E-state index contributed by atoms with van der Waals surface area (Å²) in [6.07, 6.45) is -0.680. The van der Waals surface area contributed by atoms with Crippen LogP contribution < -0.4 is 4.74 Å². The number of hydrogen-bond acceptors (Lipinski definition) is 3. The summed E-state index contributed by atoms with van der Waals surface area (Å²) in [5.74, 6) is -3.40. The Balaban J connectivity index is 2.16. The number of carboxylic acids is 1. The number of rotatable bonds is 4. The summed E-state index contributed by atoms with van der Waals surface area (Å²) < 4.78 is 34.6. The van der Waals surface area contributed by atoms with Gasteiger partial charge in [0.1, 0.15) is 17.4 Å². The molecule has 0 saturated heterocycles. The summed E-state index contributed by atoms with van der Waals surface area (Å²) in [6.45, 7) is 1.18. The molecule has 142 valence electrons. The summed E-state index contributed by atoms with van der Waals surface area (Å²) in [5.41, 5.74) is -0.136. The van der Waals surface area contributed by atoms with Gasteiger partial charge < -0.3 is 14.7 Å². The van der Waals surface area contributed by atoms with Crippen LogP contribution in [0.15, 0.2) is 40.9 Å². The fourth-order valence-corrected chi connectivity index (χ4v) is 3.45. The Kier molecular flexibility index (Phi) is 5.46. The van der Waals surface area contributed by atoms with Crippen molar-refractivity contribution in [2.75, 3.05) is 0 Å². The molecule has 0 radical (unpaired) electrons. The Labute approximate surface area is 162 Å². The van der Waals surface area contributed by atoms with E-state index in [0.29, 0.717) is 4.47 Å². The minimum Gasteiger partial charge on any atom is -0.480 e. The number of amides is 1. The van der Waals surface area contributed by atoms with Crippen molar-refractivity contribution in [3.63, 3.8) is 0 Å². The first-order valence-electron chi connectivity index (χ1n) is 8.25. The second-order valence-electron chi connectivity index (χ2n) is 6.10. The fourth-order valence-electron chi connectivity index (χ4n) is 3.07. The molecule has 0 bridgehead atoms. The maximum atomic E-state index is 14.1. The zero-order valence-corrected chi connectivity index (χ0v) is 15.9. The Morgan fingerprint density at radius 1 is 1.26 bits per heavy atom. The summed E-state index contributed by atoms with van der Waals surface area (Å²) in [4.78, 5) is 25.9. The SMILES string of the molecule is CCC1Oc2ccc(Br)cc2C(C(=O)O)N(Cc2c(F)cccc2F)C1=O. The third kappa shape index (κ3) is 3.66. The molecule has 27 heavy (non-hydrogen) atoms. The average molecular weight is 440 g/mol. The largest absolute Gasteiger partial charge is 0.480 e. The van der Waals surface area contributed by atoms with Gasteiger partial charge in [0.2, 0.25) is 0 Å². The van der Waals surface area contributed by atoms with Gasteiger partial charge >= 0.3 is 5.97 Å². The van der Waals surface area contributed by atoms with Crippen LogP contribution >= 0.6 is 15.9 Å². The van der Waals surface area contributed by atoms with Crippen molar-refractivity contribution in [3.05, 3.63) is 63.6 Å². The highest BCUT2D eigenvalue weighted by atomic mass is 79.9. The van der Waals surface area contributed by atoms with E-state index in [1.165, 1.54) is 12.1 Å². The van der Waals surface area contributed by atoms with E-state index in [4.69, 9.17) is 4.74 Å². The molecule has 8 heteroatoms. The lowest BCUT2D eigenvalue weighted by Crippen LogP contribution is -2.43. The molecule has 3 rings (SSSR count). The molecule has 1 aliphatic heterocycles. The molecule has 0 fully saturated rings. The van der Waals surface area contributed by atoms with Crippen molar-refractivity contribution in [1.82, 2.24) is 4.90 Å². The standard InChI is InChI=1S/C19H16BrF2NO4/c1-2-15-18(24)23(9-12-13(21)4-3-5-14(12)22)17(19(25)26)11-8-10(20)6-7-16(11)27-15/h3-8,15,17H,2,9H2,1H3,(H,25,26). The molecule has 0 aromatic heterocycles. The van der Waals surface area contributed by atoms with Gasteiger partial charge in [-0.05, 0) is 36.8 Å². The Bertz CT molecular complexity index is 885. The lowest BCUT2D eigenvalue weighted by Gasteiger charge is -2.29. The Morgan fingerprint density at radius 2 is 1.93 bits per heavy atom. The van der Waals surface area contributed by atoms with Crippen LogP contribution in [-0.2, 0) is 16.1 Å². The summed E-state index contributed by atoms with van der Waals surface area (Å²) in [6, 6.07) is 6.66. The number of halogens is 3. The minimum absolute atomic E-state index is 0.234. The van der Waals surface area contributed by atoms with E-state index in [0.717, 1.165) is 17.0 Å². The number of carbonyl (C=O) groups excluding carboxylic acids is 1. The van der Waals surface area contributed by atoms with Crippen LogP contribution in [0, 0.1) is 11.6 Å². The first-order valence-corrected chi connectivity index (χ1v) is 9.05. The maximum Gasteiger partial charge on any atom is 0.331 e. The smallest absolute Gasteiger partial charge is 0.331 e. The van der Waals surface area contributed by atoms with Crippen molar-refractivity contribution < 1.29 is 28.2 Å². The van der Waals surface area contributed by atoms with Crippen LogP contribution in [0.3, 0.4) is 0 Å². The van der Waals surface area contributed by atoms with Crippen LogP contribution in [0.25, 0.3) is 0 Å². The van der Waals surface area contributed by atoms with Gasteiger partial charge in [-0.25, -0.2) is 13.6 Å². The maximum absolute atomic E-state index is 14.1. The van der Waals surface area contributed by atoms with Crippen LogP contribution in [0.5, 0.6) is 5.75 Å². The third-order valence-electron chi connectivity index (χ3n) is 4.40. The molecule has 0 aliphatic carbocycles. The highest BCUT2D eigenvalue weighted by molar-refractivity contribution is 9.10. The molecule has 2 unspecified atom stereocenters. The topological polar surface area (TPSA) is 66.8 Å². The Morgan fingerprint density at radius 3 is 2.52 bits per heavy atom. The van der Waals surface area contributed by atoms with Crippen molar-refractivity contribution in [2.24, 2.45) is 0 Å². The number of carboxylic acid groups (broad SMARTS) is 1. The fraction of sp³-hybridized carbons (Fsp3) is 0.263. The number of hydrogen-bond donors (Lipinski definition) is 1. The van der Waals surface area contributed by atoms with E-state index in [9.17, 15) is 23.5 Å². The predicted molar refractivity (Wildman–Crippen MR) is 96.1 cm³/mol. The monoisotopic (exact) mass is 439 g/mol. The number of aliphatic carboxylic acids is 1. The van der Waals surface area contributed by atoms with Crippen LogP contribution in [0.1, 0.15) is 30.5 Å². The van der Waals surface area contributed by atoms with Gasteiger partial charge in [-0.2, -0.15) is 0 Å². The number of carbonyl (C=O) groups is 2. The molecular formula is C19H16BrF2NO4. The second kappa shape index (κ2) is 7.64. The van der Waals surface area contributed by atoms with Gasteiger partial charge in [0.05, 0.1) is 6.54 Å². The lowest BCUT2D eigenvalue weighted by molar-refractivity contribution is -0.153. The number of benzene rings is 2. The van der Waals surface area contributed by atoms with Gasteiger partial charge in [-0.1, -0.05) is 28.9 Å². The molecule has 1 amide bonds. The van der Waals surface area contributed by atoms with Gasteiger partial charge in [-0.15, -0.1) is 0 Å². The van der Waals surface area contributed by atoms with E-state index in [1.807, 2.05) is 0 Å². The molecular weight excluding hydrogens is 424 g/mol. The molecule has 1 heterocycles. The number of nitrogens with zero attached hydrogens (tertiary/aromatic N) is 1. The lowest BCUT2D eigenvalue weighted by atomic mass is 10.0. The van der Waals surface area contributed by atoms with Crippen LogP contribution in [0.4, 0.5) is 8.78 Å². The van der Waals surface area contributed by atoms with Crippen LogP contribution in [0.2, 0.25) is 0 Å². The van der Waals surface area contributed by atoms with Crippen molar-refractivity contribution in [3.8, 4) is 5.75 Å². The summed E-state index contributed by atoms with van der Waals surface area (Å²) in [7, 11) is 0. The van der Waals surface area contributed by atoms with Gasteiger partial charge in [0, 0.05) is 15.6 Å². The quantitative estimate of drug-likeness (QED) is 0.779. The zero-order valence-electron chi connectivity index (χ0n) is 14.3. The van der Waals surface area contributed by atoms with Crippen LogP contribution in [-0.4, -0.2) is 28.0 Å². The van der Waals surface area contributed by atoms with E-state index >= 15 is 0 Å². The highest BCUT2D eigenvalue weighted by Gasteiger charge is 2.41. The van der Waals surface area contributed by atoms with Gasteiger partial charge in [0.25, 0.3) is 5.91 Å². The molecule has 1 N–H and O–H groups in total. The molecule has 1 aliphatic rings. The molecule has 2 aromatic rings. The number of fused-ring (bicyclic) bond motifs is 1. The number of ether oxygens (including phenoxy) is 1. The molecule has 2 atom stereocenters. The zero-order chi connectivity index (χ0) is 19.7. The first-order chi connectivity index (χ1) is 12.8. The van der Waals surface area contributed by atoms with E-state index < -0.39 is 42.2 Å². The van der Waals surface area contributed by atoms with E-state index in [1.54, 1.807) is 19.1 Å². The van der Waals surface area contributed by atoms with Crippen molar-refractivity contribution >= 4 is 27.8 Å². The minimum atomic E-state index is -1.44. The molecule has 0 spiro atoms. The Hall–Kier alpha value is -2.48. The molecule has 2 aromatic carbocycles. The van der Waals surface area contributed by atoms with Crippen molar-refractivity contribution in [1.29, 1.82) is 0 Å². The first kappa shape index (κ1) is 19.3. The van der Waals surface area contributed by atoms with Gasteiger partial charge in [-0.3, -0.25) is 4.79 Å². The summed E-state index contributed by atoms with van der Waals surface area (Å²) >= 11 is 3.28. The second-order valence-corrected chi connectivity index (χ2v) is 7.02. The van der Waals surface area contributed by atoms with Gasteiger partial charge in [0.15, 0.2) is 12.1 Å². The van der Waals surface area contributed by atoms with E-state index in [-0.39, 0.29) is 23.3 Å². The highest BCUT2D eigenvalue weighted by Crippen LogP contribution is 2.38. The third-order valence-corrected chi connectivity index (χ3v) is 4.89. The van der Waals surface area contributed by atoms with E-state index in [2.05, 4.69) is 15.9 Å². The summed E-state index contributed by atoms with van der Waals surface area (Å²) in [5, 5.41) is 9.81. The predicted octanol–water partition coefficient (Wildman–Crippen LogP) is 4.05. The average Bonchev–Trinajstić information content (AvgIpc) is 2.73. The van der Waals surface area contributed by atoms with Crippen molar-refractivity contribution in [2.45, 2.75) is 32.0 Å². The normalized spacial score (nSPS) is 19.3. The molecule has 0 saturated carbocycles. The molecule has 5 nitrogen and oxygen atoms in total.